The smallest absolute Gasteiger partial charge is 0.337 e. The van der Waals surface area contributed by atoms with Gasteiger partial charge in [-0.1, -0.05) is 11.6 Å². The number of hydrogen-bond acceptors (Lipinski definition) is 4. The summed E-state index contributed by atoms with van der Waals surface area (Å²) in [5.41, 5.74) is 0.377. The summed E-state index contributed by atoms with van der Waals surface area (Å²) < 4.78 is 9.94. The van der Waals surface area contributed by atoms with Crippen LogP contribution in [0.2, 0.25) is 5.02 Å². The average molecular weight is 254 g/mol. The fourth-order valence-corrected chi connectivity index (χ4v) is 1.43. The van der Waals surface area contributed by atoms with Crippen LogP contribution in [0.3, 0.4) is 0 Å². The van der Waals surface area contributed by atoms with Crippen LogP contribution in [0.25, 0.3) is 0 Å². The van der Waals surface area contributed by atoms with Crippen molar-refractivity contribution in [2.24, 2.45) is 0 Å². The van der Waals surface area contributed by atoms with E-state index in [4.69, 9.17) is 21.6 Å². The summed E-state index contributed by atoms with van der Waals surface area (Å²) in [5, 5.41) is 8.71. The standard InChI is InChI=1S/C12H12ClNO3/c1-16-12(15)9-4-5-11(10(13)8-9)17-7-3-2-6-14/h4-5,8H,2-3,7H2,1H3. The molecule has 0 heterocycles. The van der Waals surface area contributed by atoms with Crippen molar-refractivity contribution in [3.8, 4) is 11.8 Å². The van der Waals surface area contributed by atoms with Gasteiger partial charge in [-0.25, -0.2) is 4.79 Å². The third-order valence-electron chi connectivity index (χ3n) is 2.04. The molecule has 4 nitrogen and oxygen atoms in total. The number of esters is 1. The highest BCUT2D eigenvalue weighted by molar-refractivity contribution is 6.32. The fourth-order valence-electron chi connectivity index (χ4n) is 1.20. The fraction of sp³-hybridized carbons (Fsp3) is 0.333. The van der Waals surface area contributed by atoms with Gasteiger partial charge in [-0.2, -0.15) is 5.26 Å². The lowest BCUT2D eigenvalue weighted by atomic mass is 10.2. The van der Waals surface area contributed by atoms with Crippen molar-refractivity contribution in [2.75, 3.05) is 13.7 Å². The lowest BCUT2D eigenvalue weighted by Crippen LogP contribution is -2.02. The largest absolute Gasteiger partial charge is 0.492 e. The number of methoxy groups -OCH3 is 1. The van der Waals surface area contributed by atoms with Gasteiger partial charge in [0.1, 0.15) is 5.75 Å². The van der Waals surface area contributed by atoms with Crippen molar-refractivity contribution in [3.05, 3.63) is 28.8 Å². The zero-order valence-corrected chi connectivity index (χ0v) is 10.2. The third-order valence-corrected chi connectivity index (χ3v) is 2.34. The minimum absolute atomic E-state index is 0.352. The summed E-state index contributed by atoms with van der Waals surface area (Å²) in [6, 6.07) is 6.71. The number of benzene rings is 1. The Morgan fingerprint density at radius 3 is 2.88 bits per heavy atom. The minimum atomic E-state index is -0.442. The number of nitriles is 1. The number of halogens is 1. The second kappa shape index (κ2) is 6.77. The maximum Gasteiger partial charge on any atom is 0.337 e. The van der Waals surface area contributed by atoms with Crippen molar-refractivity contribution in [2.45, 2.75) is 12.8 Å². The van der Waals surface area contributed by atoms with Crippen molar-refractivity contribution >= 4 is 17.6 Å². The van der Waals surface area contributed by atoms with Crippen molar-refractivity contribution in [3.63, 3.8) is 0 Å². The van der Waals surface area contributed by atoms with Gasteiger partial charge in [-0.3, -0.25) is 0 Å². The highest BCUT2D eigenvalue weighted by atomic mass is 35.5. The summed E-state index contributed by atoms with van der Waals surface area (Å²) in [7, 11) is 1.31. The van der Waals surface area contributed by atoms with Gasteiger partial charge in [0.05, 0.1) is 30.4 Å². The molecule has 1 aromatic rings. The van der Waals surface area contributed by atoms with Gasteiger partial charge in [0.15, 0.2) is 0 Å². The van der Waals surface area contributed by atoms with Gasteiger partial charge >= 0.3 is 5.97 Å². The Hall–Kier alpha value is -1.73. The molecule has 1 rings (SSSR count). The van der Waals surface area contributed by atoms with E-state index in [1.807, 2.05) is 6.07 Å². The number of nitrogens with zero attached hydrogens (tertiary/aromatic N) is 1. The Bertz CT molecular complexity index is 440. The Morgan fingerprint density at radius 2 is 2.29 bits per heavy atom. The van der Waals surface area contributed by atoms with E-state index in [1.54, 1.807) is 12.1 Å². The van der Waals surface area contributed by atoms with Crippen LogP contribution in [0, 0.1) is 11.3 Å². The van der Waals surface area contributed by atoms with E-state index >= 15 is 0 Å². The molecule has 0 amide bonds. The van der Waals surface area contributed by atoms with Gasteiger partial charge in [0.2, 0.25) is 0 Å². The van der Waals surface area contributed by atoms with Crippen LogP contribution in [0.4, 0.5) is 0 Å². The van der Waals surface area contributed by atoms with E-state index in [0.29, 0.717) is 35.8 Å². The first kappa shape index (κ1) is 13.3. The summed E-state index contributed by atoms with van der Waals surface area (Å²) in [6.07, 6.45) is 1.09. The Morgan fingerprint density at radius 1 is 1.53 bits per heavy atom. The minimum Gasteiger partial charge on any atom is -0.492 e. The molecule has 1 aromatic carbocycles. The molecule has 0 aliphatic heterocycles. The van der Waals surface area contributed by atoms with Crippen molar-refractivity contribution in [1.82, 2.24) is 0 Å². The molecule has 0 saturated heterocycles. The third kappa shape index (κ3) is 3.97. The highest BCUT2D eigenvalue weighted by Gasteiger charge is 2.09. The molecular weight excluding hydrogens is 242 g/mol. The summed E-state index contributed by atoms with van der Waals surface area (Å²) in [6.45, 7) is 0.421. The number of hydrogen-bond donors (Lipinski definition) is 0. The van der Waals surface area contributed by atoms with E-state index in [9.17, 15) is 4.79 Å². The monoisotopic (exact) mass is 253 g/mol. The number of rotatable bonds is 5. The van der Waals surface area contributed by atoms with Crippen LogP contribution in [-0.4, -0.2) is 19.7 Å². The number of carbonyl (C=O) groups excluding carboxylic acids is 1. The van der Waals surface area contributed by atoms with E-state index in [-0.39, 0.29) is 0 Å². The maximum atomic E-state index is 11.2. The lowest BCUT2D eigenvalue weighted by molar-refractivity contribution is 0.0600. The van der Waals surface area contributed by atoms with Crippen LogP contribution in [0.15, 0.2) is 18.2 Å². The number of carbonyl (C=O) groups is 1. The molecule has 0 aliphatic rings. The molecule has 0 aliphatic carbocycles. The first-order valence-corrected chi connectivity index (χ1v) is 5.44. The van der Waals surface area contributed by atoms with Gasteiger partial charge in [0.25, 0.3) is 0 Å². The van der Waals surface area contributed by atoms with E-state index in [1.165, 1.54) is 13.2 Å². The molecule has 0 saturated carbocycles. The Kier molecular flexibility index (Phi) is 5.31. The molecule has 17 heavy (non-hydrogen) atoms. The molecule has 5 heteroatoms. The van der Waals surface area contributed by atoms with Gasteiger partial charge in [0, 0.05) is 6.42 Å². The SMILES string of the molecule is COC(=O)c1ccc(OCCCC#N)c(Cl)c1. The zero-order valence-electron chi connectivity index (χ0n) is 9.40. The first-order chi connectivity index (χ1) is 8.19. The predicted octanol–water partition coefficient (Wildman–Crippen LogP) is 2.81. The van der Waals surface area contributed by atoms with E-state index in [2.05, 4.69) is 4.74 Å². The normalized spacial score (nSPS) is 9.47. The topological polar surface area (TPSA) is 59.3 Å². The quantitative estimate of drug-likeness (QED) is 0.598. The molecule has 0 bridgehead atoms. The summed E-state index contributed by atoms with van der Waals surface area (Å²) in [5.74, 6) is 0.0557. The van der Waals surface area contributed by atoms with E-state index < -0.39 is 5.97 Å². The van der Waals surface area contributed by atoms with Gasteiger partial charge in [-0.15, -0.1) is 0 Å². The molecule has 0 atom stereocenters. The van der Waals surface area contributed by atoms with Gasteiger partial charge in [-0.05, 0) is 24.6 Å². The van der Waals surface area contributed by atoms with E-state index in [0.717, 1.165) is 0 Å². The molecule has 0 fully saturated rings. The Balaban J connectivity index is 2.64. The molecule has 0 radical (unpaired) electrons. The van der Waals surface area contributed by atoms with Crippen LogP contribution in [0.5, 0.6) is 5.75 Å². The number of ether oxygens (including phenoxy) is 2. The average Bonchev–Trinajstić information content (AvgIpc) is 2.35. The zero-order chi connectivity index (χ0) is 12.7. The molecule has 90 valence electrons. The van der Waals surface area contributed by atoms with Crippen LogP contribution in [-0.2, 0) is 4.74 Å². The van der Waals surface area contributed by atoms with Crippen LogP contribution in [0.1, 0.15) is 23.2 Å². The predicted molar refractivity (Wildman–Crippen MR) is 63.1 cm³/mol. The van der Waals surface area contributed by atoms with Crippen LogP contribution < -0.4 is 4.74 Å². The summed E-state index contributed by atoms with van der Waals surface area (Å²) in [4.78, 5) is 11.2. The molecule has 0 N–H and O–H groups in total. The van der Waals surface area contributed by atoms with Crippen LogP contribution >= 0.6 is 11.6 Å². The molecule has 0 unspecified atom stereocenters. The Labute approximate surface area is 105 Å². The van der Waals surface area contributed by atoms with Crippen molar-refractivity contribution in [1.29, 1.82) is 5.26 Å². The number of unbranched alkanes of at least 4 members (excludes halogenated alkanes) is 1. The molecular formula is C12H12ClNO3. The molecule has 0 aromatic heterocycles. The van der Waals surface area contributed by atoms with Crippen molar-refractivity contribution < 1.29 is 14.3 Å². The van der Waals surface area contributed by atoms with Gasteiger partial charge < -0.3 is 9.47 Å². The summed E-state index contributed by atoms with van der Waals surface area (Å²) >= 11 is 5.95. The second-order valence-corrected chi connectivity index (χ2v) is 3.65. The second-order valence-electron chi connectivity index (χ2n) is 3.25. The first-order valence-electron chi connectivity index (χ1n) is 5.06. The maximum absolute atomic E-state index is 11.2. The lowest BCUT2D eigenvalue weighted by Gasteiger charge is -2.08. The highest BCUT2D eigenvalue weighted by Crippen LogP contribution is 2.25. The molecule has 0 spiro atoms.